The van der Waals surface area contributed by atoms with Crippen LogP contribution in [0.15, 0.2) is 24.3 Å². The number of unbranched alkanes of at least 4 members (excludes halogenated alkanes) is 2. The number of nitrogens with one attached hydrogen (secondary N) is 5. The largest absolute Gasteiger partial charge is 0.480 e. The number of ketones is 1. The Morgan fingerprint density at radius 3 is 1.54 bits per heavy atom. The molecule has 0 bridgehead atoms. The minimum absolute atomic E-state index is 0.0800. The third-order valence-electron chi connectivity index (χ3n) is 11.1. The average molecular weight is 1040 g/mol. The summed E-state index contributed by atoms with van der Waals surface area (Å²) in [4.78, 5) is 129. The third-order valence-corrected chi connectivity index (χ3v) is 11.8. The number of hydrogen-bond acceptors (Lipinski definition) is 15. The third kappa shape index (κ3) is 30.9. The molecule has 0 radical (unpaired) electrons. The summed E-state index contributed by atoms with van der Waals surface area (Å²) < 4.78 is 0. The molecule has 5 amide bonds. The summed E-state index contributed by atoms with van der Waals surface area (Å²) in [7, 11) is 0. The SMILES string of the molecule is CCC.CCC(=O)CCCCC(=O)NCCCCC(NC(=O)CNC(=O)C(CCSC)NC(=O)c1ccc(CNC(=O)CN2CCN(CC(=O)O)CCN(CC(=O)O)CCN(CC(=O)O)CC2)cc1)C(=O)O. The number of carbonyl (C=O) groups excluding carboxylic acids is 6. The van der Waals surface area contributed by atoms with Crippen molar-refractivity contribution in [2.75, 3.05) is 104 Å². The second kappa shape index (κ2) is 38.0. The summed E-state index contributed by atoms with van der Waals surface area (Å²) in [5, 5.41) is 51.2. The van der Waals surface area contributed by atoms with Crippen LogP contribution >= 0.6 is 11.8 Å². The maximum atomic E-state index is 13.3. The average Bonchev–Trinajstić information content (AvgIpc) is 3.32. The predicted octanol–water partition coefficient (Wildman–Crippen LogP) is 0.558. The van der Waals surface area contributed by atoms with E-state index in [-0.39, 0.29) is 121 Å². The van der Waals surface area contributed by atoms with Crippen LogP contribution in [0.1, 0.15) is 101 Å². The molecule has 2 atom stereocenters. The van der Waals surface area contributed by atoms with E-state index in [0.717, 1.165) is 0 Å². The van der Waals surface area contributed by atoms with Gasteiger partial charge in [-0.3, -0.25) is 62.8 Å². The maximum absolute atomic E-state index is 13.3. The molecule has 24 heteroatoms. The van der Waals surface area contributed by atoms with Crippen LogP contribution in [0.2, 0.25) is 0 Å². The summed E-state index contributed by atoms with van der Waals surface area (Å²) in [6.07, 6.45) is 6.73. The number of carboxylic acid groups (broad SMARTS) is 4. The van der Waals surface area contributed by atoms with Crippen LogP contribution in [0.5, 0.6) is 0 Å². The molecular formula is C48H79N9O14S. The molecule has 0 aromatic heterocycles. The number of hydrogen-bond donors (Lipinski definition) is 9. The fourth-order valence-corrected chi connectivity index (χ4v) is 7.60. The van der Waals surface area contributed by atoms with Gasteiger partial charge in [0.25, 0.3) is 5.91 Å². The summed E-state index contributed by atoms with van der Waals surface area (Å²) in [5.41, 5.74) is 0.869. The van der Waals surface area contributed by atoms with Crippen molar-refractivity contribution >= 4 is 71.0 Å². The fourth-order valence-electron chi connectivity index (χ4n) is 7.13. The van der Waals surface area contributed by atoms with Gasteiger partial charge in [0.1, 0.15) is 17.9 Å². The molecular weight excluding hydrogens is 959 g/mol. The number of amides is 5. The van der Waals surface area contributed by atoms with Crippen LogP contribution in [-0.4, -0.2) is 215 Å². The monoisotopic (exact) mass is 1040 g/mol. The van der Waals surface area contributed by atoms with Crippen molar-refractivity contribution in [2.45, 2.75) is 104 Å². The van der Waals surface area contributed by atoms with Crippen LogP contribution in [0, 0.1) is 0 Å². The number of aliphatic carboxylic acids is 4. The molecule has 2 rings (SSSR count). The number of rotatable bonds is 31. The van der Waals surface area contributed by atoms with E-state index in [9.17, 15) is 68.4 Å². The van der Waals surface area contributed by atoms with Gasteiger partial charge in [0.05, 0.1) is 32.7 Å². The number of thioether (sulfide) groups is 1. The van der Waals surface area contributed by atoms with Crippen LogP contribution in [0.3, 0.4) is 0 Å². The lowest BCUT2D eigenvalue weighted by molar-refractivity contribution is -0.142. The van der Waals surface area contributed by atoms with Crippen LogP contribution in [0.25, 0.3) is 0 Å². The molecule has 1 heterocycles. The smallest absolute Gasteiger partial charge is 0.326 e. The molecule has 23 nitrogen and oxygen atoms in total. The molecule has 0 spiro atoms. The second-order valence-corrected chi connectivity index (χ2v) is 18.4. The number of nitrogens with zero attached hydrogens (tertiary/aromatic N) is 4. The van der Waals surface area contributed by atoms with Crippen molar-refractivity contribution in [3.63, 3.8) is 0 Å². The molecule has 1 aliphatic heterocycles. The van der Waals surface area contributed by atoms with Gasteiger partial charge in [0, 0.05) is 90.3 Å². The van der Waals surface area contributed by atoms with Crippen LogP contribution < -0.4 is 26.6 Å². The molecule has 1 fully saturated rings. The summed E-state index contributed by atoms with van der Waals surface area (Å²) in [5.74, 6) is -6.24. The van der Waals surface area contributed by atoms with Crippen molar-refractivity contribution in [3.8, 4) is 0 Å². The van der Waals surface area contributed by atoms with Gasteiger partial charge in [0.2, 0.25) is 23.6 Å². The van der Waals surface area contributed by atoms with Crippen molar-refractivity contribution in [2.24, 2.45) is 0 Å². The molecule has 9 N–H and O–H groups in total. The van der Waals surface area contributed by atoms with Gasteiger partial charge in [-0.15, -0.1) is 0 Å². The van der Waals surface area contributed by atoms with Crippen molar-refractivity contribution in [3.05, 3.63) is 35.4 Å². The number of carboxylic acids is 4. The Bertz CT molecular complexity index is 1840. The standard InChI is InChI=1S/C45H71N9O14S.C3H8/c1-3-34(55)8-4-5-10-37(56)46-16-7-6-9-36(45(67)68)49-38(57)27-48-44(66)35(15-25-69-2)50-43(65)33-13-11-32(12-14-33)26-47-39(58)28-51-17-19-52(29-40(59)60)21-23-54(31-42(63)64)24-22-53(20-18-51)30-41(61)62;1-3-2/h11-14,35-36H,3-10,15-31H2,1-2H3,(H,46,56)(H,47,58)(H,48,66)(H,49,57)(H,50,65)(H,59,60)(H,61,62)(H,63,64)(H,67,68);3H2,1-2H3. The highest BCUT2D eigenvalue weighted by Gasteiger charge is 2.25. The normalized spacial score (nSPS) is 14.9. The molecule has 0 saturated carbocycles. The Kier molecular flexibility index (Phi) is 33.9. The van der Waals surface area contributed by atoms with E-state index in [2.05, 4.69) is 40.4 Å². The molecule has 1 saturated heterocycles. The Morgan fingerprint density at radius 1 is 0.569 bits per heavy atom. The number of carbonyl (C=O) groups is 10. The van der Waals surface area contributed by atoms with Crippen LogP contribution in [-0.2, 0) is 49.7 Å². The quantitative estimate of drug-likeness (QED) is 0.0459. The highest BCUT2D eigenvalue weighted by Crippen LogP contribution is 2.09. The number of Topliss-reactive ketones (excluding diaryl/α,β-unsaturated/α-hetero) is 1. The first-order chi connectivity index (χ1) is 34.3. The highest BCUT2D eigenvalue weighted by molar-refractivity contribution is 7.98. The molecule has 1 aromatic carbocycles. The van der Waals surface area contributed by atoms with E-state index in [4.69, 9.17) is 0 Å². The topological polar surface area (TPSA) is 325 Å². The van der Waals surface area contributed by atoms with E-state index in [1.807, 2.05) is 6.26 Å². The van der Waals surface area contributed by atoms with E-state index in [1.165, 1.54) is 30.3 Å². The summed E-state index contributed by atoms with van der Waals surface area (Å²) in [6.45, 7) is 7.02. The molecule has 1 aromatic rings. The first-order valence-electron chi connectivity index (χ1n) is 24.6. The number of benzene rings is 1. The van der Waals surface area contributed by atoms with E-state index >= 15 is 0 Å². The molecule has 72 heavy (non-hydrogen) atoms. The van der Waals surface area contributed by atoms with E-state index in [1.54, 1.807) is 38.7 Å². The molecule has 406 valence electrons. The molecule has 1 aliphatic rings. The van der Waals surface area contributed by atoms with Crippen molar-refractivity contribution in [1.82, 2.24) is 46.2 Å². The Hall–Kier alpha value is -5.69. The van der Waals surface area contributed by atoms with Gasteiger partial charge in [-0.25, -0.2) is 4.79 Å². The van der Waals surface area contributed by atoms with Gasteiger partial charge >= 0.3 is 23.9 Å². The fraction of sp³-hybridized carbons (Fsp3) is 0.667. The Morgan fingerprint density at radius 2 is 1.07 bits per heavy atom. The zero-order valence-corrected chi connectivity index (χ0v) is 43.2. The van der Waals surface area contributed by atoms with E-state index in [0.29, 0.717) is 62.8 Å². The van der Waals surface area contributed by atoms with Crippen molar-refractivity contribution < 1.29 is 68.4 Å². The lowest BCUT2D eigenvalue weighted by atomic mass is 10.1. The Labute approximate surface area is 426 Å². The van der Waals surface area contributed by atoms with Crippen LogP contribution in [0.4, 0.5) is 0 Å². The maximum Gasteiger partial charge on any atom is 0.326 e. The molecule has 2 unspecified atom stereocenters. The van der Waals surface area contributed by atoms with Gasteiger partial charge in [-0.2, -0.15) is 11.8 Å². The minimum atomic E-state index is -1.26. The summed E-state index contributed by atoms with van der Waals surface area (Å²) >= 11 is 1.44. The lowest BCUT2D eigenvalue weighted by Crippen LogP contribution is -2.51. The first-order valence-corrected chi connectivity index (χ1v) is 26.0. The first kappa shape index (κ1) is 64.3. The Balaban J connectivity index is 0.00000841. The van der Waals surface area contributed by atoms with Gasteiger partial charge in [0.15, 0.2) is 0 Å². The zero-order chi connectivity index (χ0) is 53.8. The second-order valence-electron chi connectivity index (χ2n) is 17.4. The lowest BCUT2D eigenvalue weighted by Gasteiger charge is -2.32. The zero-order valence-electron chi connectivity index (χ0n) is 42.4. The molecule has 0 aliphatic carbocycles. The van der Waals surface area contributed by atoms with Gasteiger partial charge < -0.3 is 47.0 Å². The van der Waals surface area contributed by atoms with Crippen molar-refractivity contribution in [1.29, 1.82) is 0 Å². The minimum Gasteiger partial charge on any atom is -0.480 e. The summed E-state index contributed by atoms with van der Waals surface area (Å²) in [6, 6.07) is 4.06. The van der Waals surface area contributed by atoms with Gasteiger partial charge in [-0.1, -0.05) is 39.3 Å². The predicted molar refractivity (Wildman–Crippen MR) is 270 cm³/mol. The van der Waals surface area contributed by atoms with Gasteiger partial charge in [-0.05, 0) is 68.2 Å². The van der Waals surface area contributed by atoms with E-state index < -0.39 is 60.2 Å². The highest BCUT2D eigenvalue weighted by atomic mass is 32.2.